The van der Waals surface area contributed by atoms with Gasteiger partial charge in [-0.2, -0.15) is 5.10 Å². The molecule has 1 fully saturated rings. The molecule has 1 heterocycles. The summed E-state index contributed by atoms with van der Waals surface area (Å²) in [5, 5.41) is 7.08. The molecule has 0 radical (unpaired) electrons. The second kappa shape index (κ2) is 8.81. The van der Waals surface area contributed by atoms with Crippen LogP contribution in [0.3, 0.4) is 0 Å². The maximum Gasteiger partial charge on any atom is 0.265 e. The van der Waals surface area contributed by atoms with Crippen LogP contribution in [0.4, 0.5) is 5.69 Å². The Morgan fingerprint density at radius 2 is 1.77 bits per heavy atom. The molecule has 0 spiro atoms. The van der Waals surface area contributed by atoms with Crippen molar-refractivity contribution >= 4 is 46.2 Å². The number of halogens is 1. The van der Waals surface area contributed by atoms with Crippen molar-refractivity contribution in [2.75, 3.05) is 5.32 Å². The number of nitrogens with zero attached hydrogens (tertiary/aromatic N) is 1. The van der Waals surface area contributed by atoms with Gasteiger partial charge in [0, 0.05) is 11.6 Å². The SMILES string of the molecule is CC(=NNC(=O)[C@H]1C[C@@H]1c1ccccc1)c1ccc(NC(=O)c2ccc(Cl)s2)cc1. The van der Waals surface area contributed by atoms with Gasteiger partial charge in [-0.25, -0.2) is 5.43 Å². The molecule has 2 atom stereocenters. The fourth-order valence-corrected chi connectivity index (χ4v) is 4.20. The molecule has 2 aromatic carbocycles. The molecule has 2 N–H and O–H groups in total. The monoisotopic (exact) mass is 437 g/mol. The summed E-state index contributed by atoms with van der Waals surface area (Å²) in [5.74, 6) is 0.00604. The van der Waals surface area contributed by atoms with Crippen LogP contribution in [0.2, 0.25) is 4.34 Å². The lowest BCUT2D eigenvalue weighted by molar-refractivity contribution is -0.122. The van der Waals surface area contributed by atoms with E-state index in [2.05, 4.69) is 28.0 Å². The zero-order chi connectivity index (χ0) is 21.1. The van der Waals surface area contributed by atoms with E-state index in [4.69, 9.17) is 11.6 Å². The number of carbonyl (C=O) groups is 2. The summed E-state index contributed by atoms with van der Waals surface area (Å²) in [6.45, 7) is 1.84. The first kappa shape index (κ1) is 20.3. The Morgan fingerprint density at radius 1 is 1.03 bits per heavy atom. The molecular formula is C23H20ClN3O2S. The molecule has 1 aliphatic carbocycles. The number of rotatable bonds is 6. The van der Waals surface area contributed by atoms with Gasteiger partial charge in [-0.3, -0.25) is 9.59 Å². The first-order valence-electron chi connectivity index (χ1n) is 9.57. The lowest BCUT2D eigenvalue weighted by Gasteiger charge is -2.06. The highest BCUT2D eigenvalue weighted by molar-refractivity contribution is 7.18. The minimum atomic E-state index is -0.199. The van der Waals surface area contributed by atoms with Gasteiger partial charge in [-0.05, 0) is 54.7 Å². The summed E-state index contributed by atoms with van der Waals surface area (Å²) in [6, 6.07) is 20.8. The Morgan fingerprint density at radius 3 is 2.43 bits per heavy atom. The number of nitrogens with one attached hydrogen (secondary N) is 2. The van der Waals surface area contributed by atoms with Crippen molar-refractivity contribution in [2.24, 2.45) is 11.0 Å². The molecule has 0 aliphatic heterocycles. The smallest absolute Gasteiger partial charge is 0.265 e. The van der Waals surface area contributed by atoms with E-state index in [1.54, 1.807) is 24.3 Å². The summed E-state index contributed by atoms with van der Waals surface area (Å²) in [4.78, 5) is 25.1. The molecule has 3 aromatic rings. The molecule has 1 aromatic heterocycles. The first-order valence-corrected chi connectivity index (χ1v) is 10.8. The topological polar surface area (TPSA) is 70.6 Å². The average Bonchev–Trinajstić information content (AvgIpc) is 3.46. The van der Waals surface area contributed by atoms with Crippen LogP contribution in [0.25, 0.3) is 0 Å². The molecular weight excluding hydrogens is 418 g/mol. The Bertz CT molecular complexity index is 1090. The van der Waals surface area contributed by atoms with E-state index in [0.29, 0.717) is 20.6 Å². The number of amides is 2. The number of hydrazone groups is 1. The normalized spacial score (nSPS) is 18.0. The van der Waals surface area contributed by atoms with E-state index in [1.165, 1.54) is 16.9 Å². The van der Waals surface area contributed by atoms with Gasteiger partial charge in [0.2, 0.25) is 5.91 Å². The van der Waals surface area contributed by atoms with Gasteiger partial charge in [0.05, 0.1) is 14.9 Å². The van der Waals surface area contributed by atoms with Gasteiger partial charge >= 0.3 is 0 Å². The minimum absolute atomic E-state index is 0.0210. The number of benzene rings is 2. The molecule has 5 nitrogen and oxygen atoms in total. The molecule has 0 bridgehead atoms. The number of anilines is 1. The molecule has 1 aliphatic rings. The lowest BCUT2D eigenvalue weighted by atomic mass is 10.1. The van der Waals surface area contributed by atoms with Crippen LogP contribution in [0.15, 0.2) is 71.8 Å². The van der Waals surface area contributed by atoms with Gasteiger partial charge in [0.25, 0.3) is 5.91 Å². The number of hydrogen-bond donors (Lipinski definition) is 2. The van der Waals surface area contributed by atoms with Gasteiger partial charge in [-0.1, -0.05) is 54.1 Å². The van der Waals surface area contributed by atoms with Crippen molar-refractivity contribution in [3.8, 4) is 0 Å². The zero-order valence-corrected chi connectivity index (χ0v) is 17.8. The van der Waals surface area contributed by atoms with Crippen molar-refractivity contribution in [3.05, 3.63) is 87.1 Å². The van der Waals surface area contributed by atoms with Gasteiger partial charge in [0.1, 0.15) is 0 Å². The van der Waals surface area contributed by atoms with Crippen molar-refractivity contribution in [3.63, 3.8) is 0 Å². The maximum atomic E-state index is 12.4. The quantitative estimate of drug-likeness (QED) is 0.406. The Labute approximate surface area is 183 Å². The van der Waals surface area contributed by atoms with Gasteiger partial charge in [-0.15, -0.1) is 11.3 Å². The largest absolute Gasteiger partial charge is 0.321 e. The number of hydrogen-bond acceptors (Lipinski definition) is 4. The standard InChI is InChI=1S/C23H20ClN3O2S/c1-14(26-27-22(28)19-13-18(19)16-5-3-2-4-6-16)15-7-9-17(10-8-15)25-23(29)20-11-12-21(24)30-20/h2-12,18-19H,13H2,1H3,(H,25,29)(H,27,28)/t18-,19+/m1/s1. The molecule has 0 saturated heterocycles. The highest BCUT2D eigenvalue weighted by Crippen LogP contribution is 2.47. The maximum absolute atomic E-state index is 12.4. The predicted molar refractivity (Wildman–Crippen MR) is 121 cm³/mol. The molecule has 0 unspecified atom stereocenters. The van der Waals surface area contributed by atoms with Gasteiger partial charge in [0.15, 0.2) is 0 Å². The minimum Gasteiger partial charge on any atom is -0.321 e. The Kier molecular flexibility index (Phi) is 5.97. The lowest BCUT2D eigenvalue weighted by Crippen LogP contribution is -2.21. The number of thiophene rings is 1. The van der Waals surface area contributed by atoms with Crippen molar-refractivity contribution in [1.29, 1.82) is 0 Å². The first-order chi connectivity index (χ1) is 14.5. The van der Waals surface area contributed by atoms with Crippen LogP contribution in [-0.2, 0) is 4.79 Å². The van der Waals surface area contributed by atoms with Crippen LogP contribution in [0, 0.1) is 5.92 Å². The molecule has 7 heteroatoms. The summed E-state index contributed by atoms with van der Waals surface area (Å²) in [7, 11) is 0. The van der Waals surface area contributed by atoms with Crippen LogP contribution >= 0.6 is 22.9 Å². The molecule has 30 heavy (non-hydrogen) atoms. The van der Waals surface area contributed by atoms with E-state index < -0.39 is 0 Å². The Balaban J connectivity index is 1.32. The van der Waals surface area contributed by atoms with E-state index in [1.807, 2.05) is 37.3 Å². The highest BCUT2D eigenvalue weighted by Gasteiger charge is 2.43. The third-order valence-electron chi connectivity index (χ3n) is 5.05. The Hall–Kier alpha value is -2.96. The second-order valence-electron chi connectivity index (χ2n) is 7.17. The summed E-state index contributed by atoms with van der Waals surface area (Å²) < 4.78 is 0.575. The average molecular weight is 438 g/mol. The third-order valence-corrected chi connectivity index (χ3v) is 6.28. The summed E-state index contributed by atoms with van der Waals surface area (Å²) in [6.07, 6.45) is 0.855. The van der Waals surface area contributed by atoms with E-state index in [0.717, 1.165) is 12.0 Å². The van der Waals surface area contributed by atoms with Gasteiger partial charge < -0.3 is 5.32 Å². The van der Waals surface area contributed by atoms with E-state index in [9.17, 15) is 9.59 Å². The van der Waals surface area contributed by atoms with E-state index in [-0.39, 0.29) is 23.7 Å². The third kappa shape index (κ3) is 4.78. The zero-order valence-electron chi connectivity index (χ0n) is 16.3. The van der Waals surface area contributed by atoms with E-state index >= 15 is 0 Å². The van der Waals surface area contributed by atoms with Crippen molar-refractivity contribution in [1.82, 2.24) is 5.43 Å². The van der Waals surface area contributed by atoms with Crippen molar-refractivity contribution in [2.45, 2.75) is 19.3 Å². The van der Waals surface area contributed by atoms with Crippen LogP contribution in [0.1, 0.15) is 40.1 Å². The summed E-state index contributed by atoms with van der Waals surface area (Å²) in [5.41, 5.74) is 6.11. The molecule has 152 valence electrons. The summed E-state index contributed by atoms with van der Waals surface area (Å²) >= 11 is 7.11. The molecule has 4 rings (SSSR count). The van der Waals surface area contributed by atoms with Crippen molar-refractivity contribution < 1.29 is 9.59 Å². The van der Waals surface area contributed by atoms with Crippen LogP contribution in [0.5, 0.6) is 0 Å². The van der Waals surface area contributed by atoms with Crippen LogP contribution < -0.4 is 10.7 Å². The number of carbonyl (C=O) groups excluding carboxylic acids is 2. The predicted octanol–water partition coefficient (Wildman–Crippen LogP) is 5.30. The molecule has 2 amide bonds. The fourth-order valence-electron chi connectivity index (χ4n) is 3.26. The second-order valence-corrected chi connectivity index (χ2v) is 8.88. The highest BCUT2D eigenvalue weighted by atomic mass is 35.5. The molecule has 1 saturated carbocycles. The fraction of sp³-hybridized carbons (Fsp3) is 0.174. The van der Waals surface area contributed by atoms with Crippen LogP contribution in [-0.4, -0.2) is 17.5 Å².